The number of carbonyl (C=O) groups is 3. The zero-order valence-electron chi connectivity index (χ0n) is 20.4. The molecule has 1 fully saturated rings. The standard InChI is InChI=1S/C26H27N3O6S2/c1-3-35-26(32)21-15-22(17-8-5-4-6-9-17)36-24(21)27-23(30)19-12-13-29(16-19)25(31)18-10-7-11-20(14-18)28-37(2,33)34/h4-11,14-15,19,28H,3,12-13,16H2,1-2H3,(H,27,30). The largest absolute Gasteiger partial charge is 0.462 e. The van der Waals surface area contributed by atoms with Crippen LogP contribution in [0.25, 0.3) is 10.4 Å². The van der Waals surface area contributed by atoms with Crippen molar-refractivity contribution in [3.05, 3.63) is 71.8 Å². The van der Waals surface area contributed by atoms with E-state index in [1.165, 1.54) is 17.4 Å². The van der Waals surface area contributed by atoms with Crippen LogP contribution in [0.1, 0.15) is 34.1 Å². The van der Waals surface area contributed by atoms with Crippen LogP contribution in [-0.2, 0) is 19.6 Å². The molecule has 1 saturated heterocycles. The summed E-state index contributed by atoms with van der Waals surface area (Å²) in [6.07, 6.45) is 1.50. The Bertz CT molecular complexity index is 1420. The molecule has 9 nitrogen and oxygen atoms in total. The molecule has 0 radical (unpaired) electrons. The maximum Gasteiger partial charge on any atom is 0.341 e. The van der Waals surface area contributed by atoms with Gasteiger partial charge in [-0.05, 0) is 43.2 Å². The third-order valence-corrected chi connectivity index (χ3v) is 7.49. The van der Waals surface area contributed by atoms with Gasteiger partial charge in [-0.15, -0.1) is 11.3 Å². The molecule has 0 bridgehead atoms. The Morgan fingerprint density at radius 1 is 1.08 bits per heavy atom. The van der Waals surface area contributed by atoms with Gasteiger partial charge in [-0.25, -0.2) is 13.2 Å². The molecule has 2 N–H and O–H groups in total. The summed E-state index contributed by atoms with van der Waals surface area (Å²) in [4.78, 5) is 41.1. The number of ether oxygens (including phenoxy) is 1. The van der Waals surface area contributed by atoms with Crippen molar-refractivity contribution in [3.63, 3.8) is 0 Å². The van der Waals surface area contributed by atoms with E-state index in [4.69, 9.17) is 4.74 Å². The predicted octanol–water partition coefficient (Wildman–Crippen LogP) is 4.06. The van der Waals surface area contributed by atoms with E-state index in [-0.39, 0.29) is 25.0 Å². The molecule has 4 rings (SSSR count). The molecule has 1 aliphatic heterocycles. The molecule has 3 aromatic rings. The molecule has 0 saturated carbocycles. The van der Waals surface area contributed by atoms with Gasteiger partial charge in [-0.1, -0.05) is 36.4 Å². The van der Waals surface area contributed by atoms with Crippen LogP contribution in [0, 0.1) is 5.92 Å². The van der Waals surface area contributed by atoms with E-state index in [0.717, 1.165) is 16.7 Å². The average molecular weight is 542 g/mol. The van der Waals surface area contributed by atoms with Crippen molar-refractivity contribution in [2.45, 2.75) is 13.3 Å². The first-order valence-corrected chi connectivity index (χ1v) is 14.4. The Kier molecular flexibility index (Phi) is 7.94. The summed E-state index contributed by atoms with van der Waals surface area (Å²) in [7, 11) is -3.48. The third-order valence-electron chi connectivity index (χ3n) is 5.78. The zero-order chi connectivity index (χ0) is 26.6. The number of thiophene rings is 1. The Morgan fingerprint density at radius 3 is 2.54 bits per heavy atom. The second kappa shape index (κ2) is 11.1. The van der Waals surface area contributed by atoms with Gasteiger partial charge in [-0.3, -0.25) is 14.3 Å². The summed E-state index contributed by atoms with van der Waals surface area (Å²) in [6.45, 7) is 2.52. The van der Waals surface area contributed by atoms with E-state index in [1.807, 2.05) is 30.3 Å². The molecule has 1 aromatic heterocycles. The molecule has 2 aromatic carbocycles. The number of hydrogen-bond donors (Lipinski definition) is 2. The van der Waals surface area contributed by atoms with Crippen molar-refractivity contribution in [2.75, 3.05) is 36.0 Å². The van der Waals surface area contributed by atoms with Crippen LogP contribution < -0.4 is 10.0 Å². The minimum atomic E-state index is -3.48. The fraction of sp³-hybridized carbons (Fsp3) is 0.269. The van der Waals surface area contributed by atoms with Crippen molar-refractivity contribution in [3.8, 4) is 10.4 Å². The first kappa shape index (κ1) is 26.4. The molecule has 2 amide bonds. The zero-order valence-corrected chi connectivity index (χ0v) is 22.0. The monoisotopic (exact) mass is 541 g/mol. The fourth-order valence-corrected chi connectivity index (χ4v) is 5.68. The van der Waals surface area contributed by atoms with Gasteiger partial charge in [0.2, 0.25) is 15.9 Å². The van der Waals surface area contributed by atoms with Crippen molar-refractivity contribution in [1.29, 1.82) is 0 Å². The van der Waals surface area contributed by atoms with Crippen molar-refractivity contribution >= 4 is 49.8 Å². The van der Waals surface area contributed by atoms with Crippen molar-refractivity contribution in [1.82, 2.24) is 4.90 Å². The summed E-state index contributed by atoms with van der Waals surface area (Å²) in [6, 6.07) is 17.5. The number of nitrogens with one attached hydrogen (secondary N) is 2. The van der Waals surface area contributed by atoms with Crippen molar-refractivity contribution in [2.24, 2.45) is 5.92 Å². The molecule has 0 spiro atoms. The molecule has 0 aliphatic carbocycles. The summed E-state index contributed by atoms with van der Waals surface area (Å²) >= 11 is 1.29. The van der Waals surface area contributed by atoms with E-state index in [0.29, 0.717) is 34.8 Å². The van der Waals surface area contributed by atoms with E-state index in [9.17, 15) is 22.8 Å². The molecular formula is C26H27N3O6S2. The number of likely N-dealkylation sites (tertiary alicyclic amines) is 1. The Balaban J connectivity index is 1.47. The number of nitrogens with zero attached hydrogens (tertiary/aromatic N) is 1. The normalized spacial score (nSPS) is 15.3. The average Bonchev–Trinajstić information content (AvgIpc) is 3.51. The summed E-state index contributed by atoms with van der Waals surface area (Å²) < 4.78 is 30.6. The molecule has 194 valence electrons. The van der Waals surface area contributed by atoms with Crippen LogP contribution in [0.3, 0.4) is 0 Å². The number of rotatable bonds is 8. The van der Waals surface area contributed by atoms with Crippen LogP contribution in [0.5, 0.6) is 0 Å². The highest BCUT2D eigenvalue weighted by molar-refractivity contribution is 7.92. The van der Waals surface area contributed by atoms with Gasteiger partial charge < -0.3 is 15.0 Å². The molecule has 1 unspecified atom stereocenters. The number of anilines is 2. The first-order valence-electron chi connectivity index (χ1n) is 11.7. The summed E-state index contributed by atoms with van der Waals surface area (Å²) in [5, 5.41) is 3.29. The van der Waals surface area contributed by atoms with E-state index >= 15 is 0 Å². The van der Waals surface area contributed by atoms with Gasteiger partial charge in [-0.2, -0.15) is 0 Å². The van der Waals surface area contributed by atoms with E-state index in [2.05, 4.69) is 10.0 Å². The van der Waals surface area contributed by atoms with Crippen LogP contribution in [-0.4, -0.2) is 57.1 Å². The number of benzene rings is 2. The number of amides is 2. The summed E-state index contributed by atoms with van der Waals surface area (Å²) in [5.74, 6) is -1.54. The first-order chi connectivity index (χ1) is 17.6. The lowest BCUT2D eigenvalue weighted by atomic mass is 10.1. The van der Waals surface area contributed by atoms with Crippen LogP contribution in [0.15, 0.2) is 60.7 Å². The number of sulfonamides is 1. The maximum absolute atomic E-state index is 13.1. The molecule has 2 heterocycles. The topological polar surface area (TPSA) is 122 Å². The molecule has 37 heavy (non-hydrogen) atoms. The van der Waals surface area contributed by atoms with E-state index < -0.39 is 21.9 Å². The fourth-order valence-electron chi connectivity index (χ4n) is 4.07. The number of hydrogen-bond acceptors (Lipinski definition) is 7. The Hall–Kier alpha value is -3.70. The smallest absolute Gasteiger partial charge is 0.341 e. The minimum Gasteiger partial charge on any atom is -0.462 e. The maximum atomic E-state index is 13.1. The van der Waals surface area contributed by atoms with E-state index in [1.54, 1.807) is 36.1 Å². The van der Waals surface area contributed by atoms with Gasteiger partial charge >= 0.3 is 5.97 Å². The molecular weight excluding hydrogens is 514 g/mol. The highest BCUT2D eigenvalue weighted by Gasteiger charge is 2.32. The molecule has 1 atom stereocenters. The SMILES string of the molecule is CCOC(=O)c1cc(-c2ccccc2)sc1NC(=O)C1CCN(C(=O)c2cccc(NS(C)(=O)=O)c2)C1. The number of esters is 1. The quantitative estimate of drug-likeness (QED) is 0.415. The Labute approximate surface area is 219 Å². The number of carbonyl (C=O) groups excluding carboxylic acids is 3. The van der Waals surface area contributed by atoms with Crippen LogP contribution >= 0.6 is 11.3 Å². The predicted molar refractivity (Wildman–Crippen MR) is 143 cm³/mol. The van der Waals surface area contributed by atoms with Crippen LogP contribution in [0.2, 0.25) is 0 Å². The lowest BCUT2D eigenvalue weighted by Gasteiger charge is -2.17. The second-order valence-electron chi connectivity index (χ2n) is 8.62. The minimum absolute atomic E-state index is 0.208. The summed E-state index contributed by atoms with van der Waals surface area (Å²) in [5.41, 5.74) is 1.83. The molecule has 11 heteroatoms. The van der Waals surface area contributed by atoms with Gasteiger partial charge in [0.25, 0.3) is 5.91 Å². The lowest BCUT2D eigenvalue weighted by Crippen LogP contribution is -2.31. The Morgan fingerprint density at radius 2 is 1.84 bits per heavy atom. The van der Waals surface area contributed by atoms with Crippen LogP contribution in [0.4, 0.5) is 10.7 Å². The molecule has 1 aliphatic rings. The highest BCUT2D eigenvalue weighted by atomic mass is 32.2. The second-order valence-corrected chi connectivity index (χ2v) is 11.4. The van der Waals surface area contributed by atoms with Gasteiger partial charge in [0.05, 0.1) is 24.3 Å². The van der Waals surface area contributed by atoms with Crippen molar-refractivity contribution < 1.29 is 27.5 Å². The third kappa shape index (κ3) is 6.55. The van der Waals surface area contributed by atoms with Gasteiger partial charge in [0, 0.05) is 29.2 Å². The highest BCUT2D eigenvalue weighted by Crippen LogP contribution is 2.36. The lowest BCUT2D eigenvalue weighted by molar-refractivity contribution is -0.119. The van der Waals surface area contributed by atoms with Gasteiger partial charge in [0.15, 0.2) is 0 Å². The van der Waals surface area contributed by atoms with Gasteiger partial charge in [0.1, 0.15) is 5.00 Å².